The van der Waals surface area contributed by atoms with Gasteiger partial charge in [0.25, 0.3) is 0 Å². The van der Waals surface area contributed by atoms with Gasteiger partial charge in [0.1, 0.15) is 11.8 Å². The number of rotatable bonds is 3. The highest BCUT2D eigenvalue weighted by atomic mass is 16.5. The standard InChI is InChI=1S/C14H13N3O/c1-10(2)18-12-5-3-11(4-6-12)13-7-8-16-14(9-15)17-13/h3-8,10H,1-2H3. The van der Waals surface area contributed by atoms with E-state index >= 15 is 0 Å². The molecule has 0 N–H and O–H groups in total. The topological polar surface area (TPSA) is 58.8 Å². The van der Waals surface area contributed by atoms with Crippen molar-refractivity contribution in [2.75, 3.05) is 0 Å². The van der Waals surface area contributed by atoms with Crippen LogP contribution in [0.3, 0.4) is 0 Å². The van der Waals surface area contributed by atoms with Crippen LogP contribution in [0.1, 0.15) is 19.7 Å². The maximum absolute atomic E-state index is 8.76. The summed E-state index contributed by atoms with van der Waals surface area (Å²) in [5.74, 6) is 0.998. The Kier molecular flexibility index (Phi) is 3.54. The third-order valence-electron chi connectivity index (χ3n) is 2.28. The molecule has 0 saturated carbocycles. The van der Waals surface area contributed by atoms with Crippen molar-refractivity contribution in [1.29, 1.82) is 5.26 Å². The number of nitriles is 1. The van der Waals surface area contributed by atoms with Crippen molar-refractivity contribution in [2.24, 2.45) is 0 Å². The molecular weight excluding hydrogens is 226 g/mol. The van der Waals surface area contributed by atoms with Gasteiger partial charge in [-0.1, -0.05) is 0 Å². The number of nitrogens with zero attached hydrogens (tertiary/aromatic N) is 3. The van der Waals surface area contributed by atoms with Gasteiger partial charge in [-0.25, -0.2) is 9.97 Å². The molecule has 1 aromatic heterocycles. The van der Waals surface area contributed by atoms with Crippen LogP contribution in [0.15, 0.2) is 36.5 Å². The molecule has 0 atom stereocenters. The van der Waals surface area contributed by atoms with E-state index in [0.29, 0.717) is 0 Å². The van der Waals surface area contributed by atoms with Crippen molar-refractivity contribution in [3.63, 3.8) is 0 Å². The zero-order valence-electron chi connectivity index (χ0n) is 10.3. The van der Waals surface area contributed by atoms with Gasteiger partial charge in [-0.3, -0.25) is 0 Å². The Morgan fingerprint density at radius 2 is 1.89 bits per heavy atom. The van der Waals surface area contributed by atoms with Gasteiger partial charge < -0.3 is 4.74 Å². The van der Waals surface area contributed by atoms with E-state index in [1.165, 1.54) is 0 Å². The molecule has 0 aliphatic rings. The average molecular weight is 239 g/mol. The molecule has 0 spiro atoms. The number of aromatic nitrogens is 2. The van der Waals surface area contributed by atoms with E-state index in [2.05, 4.69) is 9.97 Å². The van der Waals surface area contributed by atoms with Crippen molar-refractivity contribution < 1.29 is 4.74 Å². The van der Waals surface area contributed by atoms with Gasteiger partial charge >= 0.3 is 0 Å². The minimum atomic E-state index is 0.153. The predicted octanol–water partition coefficient (Wildman–Crippen LogP) is 2.80. The van der Waals surface area contributed by atoms with Crippen molar-refractivity contribution in [3.8, 4) is 23.1 Å². The molecule has 2 rings (SSSR count). The fourth-order valence-electron chi connectivity index (χ4n) is 1.55. The van der Waals surface area contributed by atoms with Crippen molar-refractivity contribution in [1.82, 2.24) is 9.97 Å². The number of hydrogen-bond acceptors (Lipinski definition) is 4. The Labute approximate surface area is 106 Å². The van der Waals surface area contributed by atoms with Crippen LogP contribution < -0.4 is 4.74 Å². The third kappa shape index (κ3) is 2.83. The summed E-state index contributed by atoms with van der Waals surface area (Å²) >= 11 is 0. The Hall–Kier alpha value is -2.41. The summed E-state index contributed by atoms with van der Waals surface area (Å²) in [6.45, 7) is 3.97. The van der Waals surface area contributed by atoms with Crippen LogP contribution in [0.4, 0.5) is 0 Å². The molecule has 2 aromatic rings. The quantitative estimate of drug-likeness (QED) is 0.826. The van der Waals surface area contributed by atoms with Gasteiger partial charge in [-0.05, 0) is 44.2 Å². The van der Waals surface area contributed by atoms with Crippen LogP contribution in [-0.2, 0) is 0 Å². The first kappa shape index (κ1) is 12.1. The van der Waals surface area contributed by atoms with E-state index in [9.17, 15) is 0 Å². The van der Waals surface area contributed by atoms with E-state index in [4.69, 9.17) is 10.00 Å². The smallest absolute Gasteiger partial charge is 0.232 e. The normalized spacial score (nSPS) is 10.1. The van der Waals surface area contributed by atoms with Crippen LogP contribution in [-0.4, -0.2) is 16.1 Å². The maximum Gasteiger partial charge on any atom is 0.232 e. The molecule has 4 heteroatoms. The Balaban J connectivity index is 2.26. The van der Waals surface area contributed by atoms with E-state index in [1.54, 1.807) is 12.3 Å². The van der Waals surface area contributed by atoms with Crippen LogP contribution in [0.5, 0.6) is 5.75 Å². The first-order valence-corrected chi connectivity index (χ1v) is 5.69. The average Bonchev–Trinajstić information content (AvgIpc) is 2.39. The molecule has 18 heavy (non-hydrogen) atoms. The zero-order chi connectivity index (χ0) is 13.0. The summed E-state index contributed by atoms with van der Waals surface area (Å²) in [5.41, 5.74) is 1.67. The first-order chi connectivity index (χ1) is 8.69. The molecule has 4 nitrogen and oxygen atoms in total. The second kappa shape index (κ2) is 5.28. The largest absolute Gasteiger partial charge is 0.491 e. The Bertz CT molecular complexity index is 570. The Morgan fingerprint density at radius 3 is 2.50 bits per heavy atom. The summed E-state index contributed by atoms with van der Waals surface area (Å²) in [6.07, 6.45) is 1.74. The summed E-state index contributed by atoms with van der Waals surface area (Å²) in [6, 6.07) is 11.3. The molecule has 0 unspecified atom stereocenters. The summed E-state index contributed by atoms with van der Waals surface area (Å²) in [5, 5.41) is 8.76. The molecule has 0 fully saturated rings. The first-order valence-electron chi connectivity index (χ1n) is 5.69. The highest BCUT2D eigenvalue weighted by Crippen LogP contribution is 2.21. The molecule has 0 aliphatic heterocycles. The molecule has 0 bridgehead atoms. The van der Waals surface area contributed by atoms with Gasteiger partial charge in [0, 0.05) is 11.8 Å². The van der Waals surface area contributed by atoms with Crippen LogP contribution in [0.2, 0.25) is 0 Å². The lowest BCUT2D eigenvalue weighted by molar-refractivity contribution is 0.242. The number of hydrogen-bond donors (Lipinski definition) is 0. The van der Waals surface area contributed by atoms with Crippen molar-refractivity contribution >= 4 is 0 Å². The number of ether oxygens (including phenoxy) is 1. The summed E-state index contributed by atoms with van der Waals surface area (Å²) in [4.78, 5) is 7.98. The summed E-state index contributed by atoms with van der Waals surface area (Å²) < 4.78 is 5.56. The third-order valence-corrected chi connectivity index (χ3v) is 2.28. The van der Waals surface area contributed by atoms with Crippen molar-refractivity contribution in [2.45, 2.75) is 20.0 Å². The minimum absolute atomic E-state index is 0.153. The highest BCUT2D eigenvalue weighted by Gasteiger charge is 2.03. The van der Waals surface area contributed by atoms with Gasteiger partial charge in [0.05, 0.1) is 11.8 Å². The maximum atomic E-state index is 8.76. The highest BCUT2D eigenvalue weighted by molar-refractivity contribution is 5.59. The SMILES string of the molecule is CC(C)Oc1ccc(-c2ccnc(C#N)n2)cc1. The molecule has 0 radical (unpaired) electrons. The zero-order valence-corrected chi connectivity index (χ0v) is 10.3. The monoisotopic (exact) mass is 239 g/mol. The lowest BCUT2D eigenvalue weighted by Gasteiger charge is -2.09. The fourth-order valence-corrected chi connectivity index (χ4v) is 1.55. The summed E-state index contributed by atoms with van der Waals surface area (Å²) in [7, 11) is 0. The Morgan fingerprint density at radius 1 is 1.17 bits per heavy atom. The van der Waals surface area contributed by atoms with Gasteiger partial charge in [-0.2, -0.15) is 5.26 Å². The molecule has 0 aliphatic carbocycles. The second-order valence-electron chi connectivity index (χ2n) is 4.07. The molecular formula is C14H13N3O. The van der Waals surface area contributed by atoms with Gasteiger partial charge in [-0.15, -0.1) is 0 Å². The fraction of sp³-hybridized carbons (Fsp3) is 0.214. The molecule has 1 heterocycles. The van der Waals surface area contributed by atoms with E-state index in [-0.39, 0.29) is 11.9 Å². The lowest BCUT2D eigenvalue weighted by Crippen LogP contribution is -2.05. The molecule has 1 aromatic carbocycles. The van der Waals surface area contributed by atoms with E-state index < -0.39 is 0 Å². The second-order valence-corrected chi connectivity index (χ2v) is 4.07. The number of benzene rings is 1. The minimum Gasteiger partial charge on any atom is -0.491 e. The predicted molar refractivity (Wildman–Crippen MR) is 67.9 cm³/mol. The molecule has 0 saturated heterocycles. The van der Waals surface area contributed by atoms with Crippen LogP contribution in [0, 0.1) is 11.3 Å². The van der Waals surface area contributed by atoms with Gasteiger partial charge in [0.15, 0.2) is 0 Å². The van der Waals surface area contributed by atoms with Crippen LogP contribution in [0.25, 0.3) is 11.3 Å². The van der Waals surface area contributed by atoms with E-state index in [1.807, 2.05) is 44.2 Å². The van der Waals surface area contributed by atoms with Crippen LogP contribution >= 0.6 is 0 Å². The lowest BCUT2D eigenvalue weighted by atomic mass is 10.1. The van der Waals surface area contributed by atoms with Gasteiger partial charge in [0.2, 0.25) is 5.82 Å². The van der Waals surface area contributed by atoms with Crippen molar-refractivity contribution in [3.05, 3.63) is 42.4 Å². The molecule has 0 amide bonds. The van der Waals surface area contributed by atoms with E-state index in [0.717, 1.165) is 17.0 Å². The molecule has 90 valence electrons.